The Morgan fingerprint density at radius 1 is 1.56 bits per heavy atom. The van der Waals surface area contributed by atoms with E-state index in [4.69, 9.17) is 5.11 Å². The third-order valence-electron chi connectivity index (χ3n) is 2.52. The van der Waals surface area contributed by atoms with Crippen LogP contribution in [0, 0.1) is 0 Å². The van der Waals surface area contributed by atoms with E-state index in [2.05, 4.69) is 17.6 Å². The smallest absolute Gasteiger partial charge is 0.305 e. The van der Waals surface area contributed by atoms with Gasteiger partial charge in [-0.3, -0.25) is 9.59 Å². The summed E-state index contributed by atoms with van der Waals surface area (Å²) in [6.07, 6.45) is 3.92. The maximum Gasteiger partial charge on any atom is 0.305 e. The minimum atomic E-state index is -0.888. The van der Waals surface area contributed by atoms with E-state index in [1.165, 1.54) is 19.4 Å². The van der Waals surface area contributed by atoms with Gasteiger partial charge in [-0.2, -0.15) is 0 Å². The van der Waals surface area contributed by atoms with Crippen molar-refractivity contribution in [1.29, 1.82) is 0 Å². The van der Waals surface area contributed by atoms with Crippen molar-refractivity contribution in [2.24, 2.45) is 0 Å². The molecule has 5 nitrogen and oxygen atoms in total. The molecule has 5 heteroatoms. The molecule has 0 radical (unpaired) electrons. The Morgan fingerprint density at radius 3 is 2.39 bits per heavy atom. The molecule has 1 aliphatic rings. The lowest BCUT2D eigenvalue weighted by molar-refractivity contribution is -0.137. The van der Waals surface area contributed by atoms with Gasteiger partial charge in [-0.15, -0.1) is 0 Å². The summed E-state index contributed by atoms with van der Waals surface area (Å²) in [5, 5.41) is 14.0. The highest BCUT2D eigenvalue weighted by Gasteiger charge is 2.08. The van der Waals surface area contributed by atoms with Crippen molar-refractivity contribution in [3.05, 3.63) is 0 Å². The first-order valence-electron chi connectivity index (χ1n) is 6.75. The lowest BCUT2D eigenvalue weighted by Crippen LogP contribution is -2.29. The van der Waals surface area contributed by atoms with Gasteiger partial charge < -0.3 is 15.7 Å². The van der Waals surface area contributed by atoms with Crippen molar-refractivity contribution < 1.29 is 14.7 Å². The number of amides is 1. The molecule has 0 aromatic rings. The monoisotopic (exact) mass is 260 g/mol. The summed E-state index contributed by atoms with van der Waals surface area (Å²) < 4.78 is 0. The van der Waals surface area contributed by atoms with Gasteiger partial charge in [-0.25, -0.2) is 0 Å². The molecule has 0 saturated carbocycles. The first kappa shape index (κ1) is 19.2. The quantitative estimate of drug-likeness (QED) is 0.658. The van der Waals surface area contributed by atoms with Crippen LogP contribution in [0.1, 0.15) is 53.4 Å². The maximum atomic E-state index is 10.1. The second kappa shape index (κ2) is 14.0. The second-order valence-corrected chi connectivity index (χ2v) is 3.98. The Balaban J connectivity index is 0. The summed E-state index contributed by atoms with van der Waals surface area (Å²) in [5.74, 6) is -0.888. The number of nitrogens with one attached hydrogen (secondary N) is 2. The minimum absolute atomic E-state index is 0.00472. The molecule has 0 bridgehead atoms. The molecule has 108 valence electrons. The maximum absolute atomic E-state index is 10.1. The fourth-order valence-corrected chi connectivity index (χ4v) is 1.49. The van der Waals surface area contributed by atoms with Crippen LogP contribution >= 0.6 is 0 Å². The van der Waals surface area contributed by atoms with Gasteiger partial charge in [0, 0.05) is 12.1 Å². The molecule has 3 N–H and O–H groups in total. The first-order chi connectivity index (χ1) is 8.60. The molecule has 1 saturated heterocycles. The number of rotatable bonds is 5. The van der Waals surface area contributed by atoms with E-state index in [9.17, 15) is 9.59 Å². The highest BCUT2D eigenvalue weighted by molar-refractivity contribution is 5.68. The molecule has 0 unspecified atom stereocenters. The van der Waals surface area contributed by atoms with Crippen molar-refractivity contribution in [3.63, 3.8) is 0 Å². The second-order valence-electron chi connectivity index (χ2n) is 3.98. The van der Waals surface area contributed by atoms with E-state index in [0.717, 1.165) is 6.04 Å². The molecular weight excluding hydrogens is 232 g/mol. The van der Waals surface area contributed by atoms with Gasteiger partial charge in [-0.05, 0) is 32.7 Å². The van der Waals surface area contributed by atoms with Gasteiger partial charge in [0.1, 0.15) is 0 Å². The van der Waals surface area contributed by atoms with E-state index in [1.807, 2.05) is 20.8 Å². The van der Waals surface area contributed by atoms with Gasteiger partial charge in [0.15, 0.2) is 0 Å². The summed E-state index contributed by atoms with van der Waals surface area (Å²) in [6.45, 7) is 9.29. The van der Waals surface area contributed by atoms with Crippen LogP contribution in [0.5, 0.6) is 0 Å². The zero-order chi connectivity index (χ0) is 14.4. The molecule has 1 amide bonds. The van der Waals surface area contributed by atoms with Crippen LogP contribution in [-0.2, 0) is 9.59 Å². The average molecular weight is 260 g/mol. The highest BCUT2D eigenvalue weighted by atomic mass is 16.4. The van der Waals surface area contributed by atoms with Gasteiger partial charge in [0.2, 0.25) is 6.41 Å². The van der Waals surface area contributed by atoms with Crippen LogP contribution in [0.3, 0.4) is 0 Å². The largest absolute Gasteiger partial charge is 0.481 e. The average Bonchev–Trinajstić information content (AvgIpc) is 2.82. The van der Waals surface area contributed by atoms with E-state index >= 15 is 0 Å². The molecule has 0 aliphatic carbocycles. The number of carbonyl (C=O) groups is 2. The molecule has 1 heterocycles. The van der Waals surface area contributed by atoms with Crippen LogP contribution in [0.2, 0.25) is 0 Å². The number of hydrogen-bond donors (Lipinski definition) is 3. The van der Waals surface area contributed by atoms with Gasteiger partial charge >= 0.3 is 5.97 Å². The number of aliphatic carboxylic acids is 1. The third-order valence-corrected chi connectivity index (χ3v) is 2.52. The Labute approximate surface area is 110 Å². The standard InChI is InChI=1S/C6H11NO3.C5H11N.C2H6/c1-2-5(7-4-8)3-6(9)10;1-5-3-2-4-6-5;1-2/h4-5H,2-3H2,1H3,(H,7,8)(H,9,10);5-6H,2-4H2,1H3;1-2H3/t2*5-;/m11./s1. The fourth-order valence-electron chi connectivity index (χ4n) is 1.49. The highest BCUT2D eigenvalue weighted by Crippen LogP contribution is 2.01. The molecule has 1 fully saturated rings. The summed E-state index contributed by atoms with van der Waals surface area (Å²) in [7, 11) is 0. The Bertz CT molecular complexity index is 204. The number of hydrogen-bond acceptors (Lipinski definition) is 3. The zero-order valence-electron chi connectivity index (χ0n) is 12.0. The van der Waals surface area contributed by atoms with Crippen LogP contribution in [0.15, 0.2) is 0 Å². The first-order valence-corrected chi connectivity index (χ1v) is 6.75. The van der Waals surface area contributed by atoms with Gasteiger partial charge in [-0.1, -0.05) is 20.8 Å². The minimum Gasteiger partial charge on any atom is -0.481 e. The lowest BCUT2D eigenvalue weighted by atomic mass is 10.1. The Kier molecular flexibility index (Phi) is 14.9. The van der Waals surface area contributed by atoms with Crippen molar-refractivity contribution in [2.45, 2.75) is 65.5 Å². The Hall–Kier alpha value is -1.10. The number of carbonyl (C=O) groups excluding carboxylic acids is 1. The van der Waals surface area contributed by atoms with E-state index < -0.39 is 5.97 Å². The van der Waals surface area contributed by atoms with Crippen LogP contribution in [-0.4, -0.2) is 36.1 Å². The molecule has 2 atom stereocenters. The molecule has 0 aromatic carbocycles. The predicted octanol–water partition coefficient (Wildman–Crippen LogP) is 1.77. The summed E-state index contributed by atoms with van der Waals surface area (Å²) in [4.78, 5) is 19.9. The molecule has 1 rings (SSSR count). The number of carboxylic acids is 1. The topological polar surface area (TPSA) is 78.4 Å². The summed E-state index contributed by atoms with van der Waals surface area (Å²) in [6, 6.07) is 0.569. The van der Waals surface area contributed by atoms with Crippen molar-refractivity contribution in [2.75, 3.05) is 6.54 Å². The third kappa shape index (κ3) is 13.0. The molecule has 0 spiro atoms. The van der Waals surface area contributed by atoms with Crippen molar-refractivity contribution in [3.8, 4) is 0 Å². The van der Waals surface area contributed by atoms with E-state index in [-0.39, 0.29) is 12.5 Å². The van der Waals surface area contributed by atoms with Crippen molar-refractivity contribution >= 4 is 12.4 Å². The molecule has 1 aliphatic heterocycles. The van der Waals surface area contributed by atoms with E-state index in [0.29, 0.717) is 12.8 Å². The summed E-state index contributed by atoms with van der Waals surface area (Å²) >= 11 is 0. The normalized spacial score (nSPS) is 18.6. The molecular formula is C13H28N2O3. The Morgan fingerprint density at radius 2 is 2.17 bits per heavy atom. The molecule has 0 aromatic heterocycles. The van der Waals surface area contributed by atoms with Crippen LogP contribution in [0.4, 0.5) is 0 Å². The van der Waals surface area contributed by atoms with E-state index in [1.54, 1.807) is 0 Å². The lowest BCUT2D eigenvalue weighted by Gasteiger charge is -2.09. The SMILES string of the molecule is CC.CC[C@H](CC(=O)O)NC=O.C[C@@H]1CCCN1. The van der Waals surface area contributed by atoms with Crippen LogP contribution < -0.4 is 10.6 Å². The van der Waals surface area contributed by atoms with Gasteiger partial charge in [0.25, 0.3) is 0 Å². The summed E-state index contributed by atoms with van der Waals surface area (Å²) in [5.41, 5.74) is 0. The van der Waals surface area contributed by atoms with Crippen molar-refractivity contribution in [1.82, 2.24) is 10.6 Å². The van der Waals surface area contributed by atoms with Crippen LogP contribution in [0.25, 0.3) is 0 Å². The predicted molar refractivity (Wildman–Crippen MR) is 73.6 cm³/mol. The fraction of sp³-hybridized carbons (Fsp3) is 0.846. The number of carboxylic acid groups (broad SMARTS) is 1. The molecule has 18 heavy (non-hydrogen) atoms. The van der Waals surface area contributed by atoms with Gasteiger partial charge in [0.05, 0.1) is 6.42 Å². The zero-order valence-corrected chi connectivity index (χ0v) is 12.0.